The number of carbonyl (C=O) groups excluding carboxylic acids is 4. The molecule has 7 aliphatic rings. The minimum absolute atomic E-state index is 0.0438. The molecule has 7 aliphatic heterocycles. The van der Waals surface area contributed by atoms with Gasteiger partial charge in [-0.3, -0.25) is 19.2 Å². The molecule has 0 saturated carbocycles. The van der Waals surface area contributed by atoms with Gasteiger partial charge in [-0.1, -0.05) is 0 Å². The second-order valence-corrected chi connectivity index (χ2v) is 22.7. The third kappa shape index (κ3) is 6.62. The van der Waals surface area contributed by atoms with Crippen molar-refractivity contribution < 1.29 is 97.3 Å². The number of aromatic carboxylic acids is 2. The highest BCUT2D eigenvalue weighted by atomic mass is 16.7. The fourth-order valence-electron chi connectivity index (χ4n) is 14.0. The van der Waals surface area contributed by atoms with E-state index in [1.54, 1.807) is 50.2 Å². The van der Waals surface area contributed by atoms with E-state index in [9.17, 15) is 59.4 Å². The first-order chi connectivity index (χ1) is 40.9. The fourth-order valence-corrected chi connectivity index (χ4v) is 14.0. The van der Waals surface area contributed by atoms with Gasteiger partial charge in [0.2, 0.25) is 0 Å². The van der Waals surface area contributed by atoms with Crippen molar-refractivity contribution in [2.24, 2.45) is 0 Å². The normalized spacial score (nSPS) is 20.9. The van der Waals surface area contributed by atoms with Gasteiger partial charge >= 0.3 is 11.9 Å². The molecule has 0 saturated heterocycles. The fraction of sp³-hybridized carbons (Fsp3) is 0.182. The van der Waals surface area contributed by atoms with Crippen molar-refractivity contribution in [1.29, 1.82) is 0 Å². The molecule has 15 rings (SSSR count). The van der Waals surface area contributed by atoms with Crippen molar-refractivity contribution >= 4 is 35.1 Å². The molecule has 0 aliphatic carbocycles. The molecule has 8 aromatic carbocycles. The summed E-state index contributed by atoms with van der Waals surface area (Å²) < 4.78 is 56.4. The average Bonchev–Trinajstić information content (AvgIpc) is 0.695. The molecular weight excluding hydrogens is 1110 g/mol. The van der Waals surface area contributed by atoms with Gasteiger partial charge in [-0.05, 0) is 139 Å². The van der Waals surface area contributed by atoms with Crippen molar-refractivity contribution in [2.45, 2.75) is 77.2 Å². The Morgan fingerprint density at radius 2 is 0.651 bits per heavy atom. The van der Waals surface area contributed by atoms with E-state index in [1.165, 1.54) is 76.2 Å². The molecule has 20 heteroatoms. The van der Waals surface area contributed by atoms with Gasteiger partial charge in [0.1, 0.15) is 91.7 Å². The Balaban J connectivity index is 0.977. The Morgan fingerprint density at radius 1 is 0.337 bits per heavy atom. The number of aromatic hydroxyl groups is 4. The molecule has 6 N–H and O–H groups in total. The van der Waals surface area contributed by atoms with E-state index in [4.69, 9.17) is 37.9 Å². The third-order valence-electron chi connectivity index (χ3n) is 17.3. The third-order valence-corrected chi connectivity index (χ3v) is 17.3. The second-order valence-electron chi connectivity index (χ2n) is 22.7. The van der Waals surface area contributed by atoms with E-state index >= 15 is 0 Å². The molecule has 86 heavy (non-hydrogen) atoms. The van der Waals surface area contributed by atoms with Crippen LogP contribution in [-0.2, 0) is 22.8 Å². The Hall–Kier alpha value is -11.0. The highest BCUT2D eigenvalue weighted by molar-refractivity contribution is 6.08. The number of fused-ring (bicyclic) bond motifs is 8. The SMILES string of the molecule is CC(=O)c1ccc2c(c1O)-c1c(O)ccc(C(=O)O)c1C1(C[C@]3(C)Oc4ccc(C(C)=O)c5c4-c4c(ccc(c43)O1)Oc1ccc3c4c1-c1c(ccc(C(C)=O)c1O5)O[C@@]4(C)CC1(Oc4ccc(C(C)=O)c(O)c4-c4c(O)ccc(C(=O)O)c41)O3)O2. The molecule has 0 amide bonds. The monoisotopic (exact) mass is 1160 g/mol. The standard InChI is InChI=1S/C66H44O20/c1-25(67)29-9-15-39-49(57(29)73)45-35(71)13-7-33(61(75)76)53(45)65(83-39)23-63(5)55-43(85-65)21-19-37-47(55)51-41(81-63)17-11-31(27(3)69)59(51)80-60-32(28(4)70)12-18-42-52(60)48-38(79-37)20-22-44-56(48)64(6,82-42)24-66(86-44)54-34(62(77)78)8-14-36(72)46(54)50-40(84-66)16-10-30(26(2)68)58(50)74/h7-22,71-74H,23-24H2,1-6H3,(H,75,76)(H,77,78)/t63-,64-,65?,66?/m0/s1. The van der Waals surface area contributed by atoms with Gasteiger partial charge in [-0.15, -0.1) is 0 Å². The maximum atomic E-state index is 14.1. The van der Waals surface area contributed by atoms with E-state index in [2.05, 4.69) is 0 Å². The average molecular weight is 1160 g/mol. The van der Waals surface area contributed by atoms with Crippen LogP contribution in [-0.4, -0.2) is 65.7 Å². The molecule has 0 radical (unpaired) electrons. The number of ether oxygens (including phenoxy) is 8. The Kier molecular flexibility index (Phi) is 10.1. The number of phenols is 4. The van der Waals surface area contributed by atoms with Crippen molar-refractivity contribution in [3.63, 3.8) is 0 Å². The minimum Gasteiger partial charge on any atom is -0.507 e. The molecule has 20 nitrogen and oxygen atoms in total. The number of carbonyl (C=O) groups is 6. The summed E-state index contributed by atoms with van der Waals surface area (Å²) in [6.45, 7) is 8.59. The summed E-state index contributed by atoms with van der Waals surface area (Å²) >= 11 is 0. The van der Waals surface area contributed by atoms with Gasteiger partial charge in [-0.25, -0.2) is 9.59 Å². The van der Waals surface area contributed by atoms with Crippen LogP contribution >= 0.6 is 0 Å². The topological polar surface area (TPSA) is 298 Å². The summed E-state index contributed by atoms with van der Waals surface area (Å²) in [7, 11) is 0. The van der Waals surface area contributed by atoms with E-state index in [1.807, 2.05) is 0 Å². The second kappa shape index (κ2) is 16.8. The quantitative estimate of drug-likeness (QED) is 0.0843. The number of phenolic OH excluding ortho intramolecular Hbond substituents is 4. The smallest absolute Gasteiger partial charge is 0.336 e. The van der Waals surface area contributed by atoms with Gasteiger partial charge in [0.05, 0.1) is 79.6 Å². The zero-order valence-corrected chi connectivity index (χ0v) is 46.1. The zero-order chi connectivity index (χ0) is 60.3. The first-order valence-electron chi connectivity index (χ1n) is 27.0. The van der Waals surface area contributed by atoms with Crippen LogP contribution in [0.5, 0.6) is 80.5 Å². The lowest BCUT2D eigenvalue weighted by Crippen LogP contribution is -2.53. The van der Waals surface area contributed by atoms with Crippen molar-refractivity contribution in [3.05, 3.63) is 153 Å². The van der Waals surface area contributed by atoms with Gasteiger partial charge in [-0.2, -0.15) is 0 Å². The van der Waals surface area contributed by atoms with Crippen molar-refractivity contribution in [3.8, 4) is 125 Å². The number of benzene rings is 8. The van der Waals surface area contributed by atoms with Gasteiger partial charge in [0.15, 0.2) is 23.1 Å². The lowest BCUT2D eigenvalue weighted by atomic mass is 9.73. The summed E-state index contributed by atoms with van der Waals surface area (Å²) in [6.07, 6.45) is -0.736. The van der Waals surface area contributed by atoms with E-state index in [0.29, 0.717) is 11.1 Å². The summed E-state index contributed by atoms with van der Waals surface area (Å²) in [4.78, 5) is 80.4. The number of hydrogen-bond acceptors (Lipinski definition) is 18. The van der Waals surface area contributed by atoms with Crippen LogP contribution in [0.2, 0.25) is 0 Å². The summed E-state index contributed by atoms with van der Waals surface area (Å²) in [5, 5.41) is 68.6. The molecule has 7 heterocycles. The lowest BCUT2D eigenvalue weighted by molar-refractivity contribution is -0.181. The molecule has 428 valence electrons. The first-order valence-corrected chi connectivity index (χ1v) is 27.0. The predicted octanol–water partition coefficient (Wildman–Crippen LogP) is 12.6. The molecule has 0 aromatic heterocycles. The van der Waals surface area contributed by atoms with Crippen LogP contribution in [0.15, 0.2) is 97.1 Å². The molecule has 2 unspecified atom stereocenters. The highest BCUT2D eigenvalue weighted by Gasteiger charge is 2.62. The summed E-state index contributed by atoms with van der Waals surface area (Å²) in [5.74, 6) is -10.9. The number of carboxylic acids is 2. The number of ketones is 4. The number of rotatable bonds is 6. The molecule has 0 bridgehead atoms. The van der Waals surface area contributed by atoms with E-state index < -0.39 is 80.8 Å². The maximum Gasteiger partial charge on any atom is 0.336 e. The van der Waals surface area contributed by atoms with Crippen LogP contribution in [0.25, 0.3) is 44.5 Å². The van der Waals surface area contributed by atoms with Crippen LogP contribution in [0.1, 0.15) is 139 Å². The highest BCUT2D eigenvalue weighted by Crippen LogP contribution is 2.69. The van der Waals surface area contributed by atoms with Gasteiger partial charge in [0, 0.05) is 33.4 Å². The summed E-state index contributed by atoms with van der Waals surface area (Å²) in [5.41, 5.74) is -3.63. The van der Waals surface area contributed by atoms with Crippen LogP contribution in [0, 0.1) is 0 Å². The van der Waals surface area contributed by atoms with Crippen LogP contribution < -0.4 is 37.9 Å². The van der Waals surface area contributed by atoms with Gasteiger partial charge < -0.3 is 68.5 Å². The molecule has 4 atom stereocenters. The zero-order valence-electron chi connectivity index (χ0n) is 46.1. The Bertz CT molecular complexity index is 4380. The number of carboxylic acid groups (broad SMARTS) is 2. The van der Waals surface area contributed by atoms with Gasteiger partial charge in [0.25, 0.3) is 11.6 Å². The number of hydrogen-bond donors (Lipinski definition) is 6. The van der Waals surface area contributed by atoms with Crippen molar-refractivity contribution in [1.82, 2.24) is 0 Å². The van der Waals surface area contributed by atoms with E-state index in [0.717, 1.165) is 12.1 Å². The van der Waals surface area contributed by atoms with Crippen LogP contribution in [0.3, 0.4) is 0 Å². The first kappa shape index (κ1) is 51.8. The molecule has 2 spiro atoms. The summed E-state index contributed by atoms with van der Waals surface area (Å²) in [6, 6.07) is 22.6. The maximum absolute atomic E-state index is 14.1. The Morgan fingerprint density at radius 3 is 1.01 bits per heavy atom. The lowest BCUT2D eigenvalue weighted by Gasteiger charge is -2.51. The van der Waals surface area contributed by atoms with E-state index in [-0.39, 0.29) is 159 Å². The largest absolute Gasteiger partial charge is 0.507 e. The molecule has 0 fully saturated rings. The number of Topliss-reactive ketones (excluding diaryl/α,β-unsaturated/α-hetero) is 4. The van der Waals surface area contributed by atoms with Crippen LogP contribution in [0.4, 0.5) is 0 Å². The molecule has 8 aromatic rings. The predicted molar refractivity (Wildman–Crippen MR) is 299 cm³/mol. The minimum atomic E-state index is -2.16. The molecular formula is C66H44O20. The van der Waals surface area contributed by atoms with Crippen molar-refractivity contribution in [2.75, 3.05) is 0 Å². The Labute approximate surface area is 485 Å².